The van der Waals surface area contributed by atoms with Crippen LogP contribution < -0.4 is 5.32 Å². The predicted molar refractivity (Wildman–Crippen MR) is 51.4 cm³/mol. The minimum Gasteiger partial charge on any atom is -0.350 e. The molecule has 1 aliphatic rings. The van der Waals surface area contributed by atoms with Gasteiger partial charge in [-0.05, 0) is 17.7 Å². The molecule has 5 heteroatoms. The molecule has 0 aliphatic carbocycles. The van der Waals surface area contributed by atoms with E-state index < -0.39 is 11.7 Å². The Morgan fingerprint density at radius 1 is 1.29 bits per heavy atom. The first-order valence-electron chi connectivity index (χ1n) is 3.97. The molecular weight excluding hydrogens is 211 g/mol. The average Bonchev–Trinajstić information content (AvgIpc) is 2.41. The molecule has 0 bridgehead atoms. The van der Waals surface area contributed by atoms with Crippen molar-refractivity contribution < 1.29 is 13.2 Å². The predicted octanol–water partition coefficient (Wildman–Crippen LogP) is 3.00. The van der Waals surface area contributed by atoms with E-state index in [9.17, 15) is 13.2 Å². The summed E-state index contributed by atoms with van der Waals surface area (Å²) in [5.41, 5.74) is 0.654. The van der Waals surface area contributed by atoms with Crippen LogP contribution >= 0.6 is 12.2 Å². The van der Waals surface area contributed by atoms with E-state index in [1.807, 2.05) is 0 Å². The molecule has 0 atom stereocenters. The van der Waals surface area contributed by atoms with E-state index in [-0.39, 0.29) is 0 Å². The Bertz CT molecular complexity index is 398. The van der Waals surface area contributed by atoms with Gasteiger partial charge in [0.2, 0.25) is 0 Å². The Morgan fingerprint density at radius 2 is 2.00 bits per heavy atom. The van der Waals surface area contributed by atoms with Gasteiger partial charge in [-0.2, -0.15) is 13.2 Å². The van der Waals surface area contributed by atoms with E-state index >= 15 is 0 Å². The molecule has 0 saturated heterocycles. The lowest BCUT2D eigenvalue weighted by atomic mass is 10.1. The molecule has 1 nitrogen and oxygen atoms in total. The molecular formula is C9H6F3NS. The minimum atomic E-state index is -4.29. The second kappa shape index (κ2) is 2.95. The molecule has 2 rings (SSSR count). The zero-order valence-electron chi connectivity index (χ0n) is 6.98. The van der Waals surface area contributed by atoms with Gasteiger partial charge in [0, 0.05) is 12.1 Å². The molecule has 14 heavy (non-hydrogen) atoms. The van der Waals surface area contributed by atoms with Gasteiger partial charge in [0.25, 0.3) is 0 Å². The summed E-state index contributed by atoms with van der Waals surface area (Å²) in [4.78, 5) is 0.569. The molecule has 1 aliphatic heterocycles. The largest absolute Gasteiger partial charge is 0.416 e. The van der Waals surface area contributed by atoms with Gasteiger partial charge >= 0.3 is 6.18 Å². The Hall–Kier alpha value is -1.10. The molecule has 0 amide bonds. The number of halogens is 3. The summed E-state index contributed by atoms with van der Waals surface area (Å²) < 4.78 is 36.9. The molecule has 1 heterocycles. The number of anilines is 1. The number of rotatable bonds is 0. The molecule has 0 radical (unpaired) electrons. The van der Waals surface area contributed by atoms with Crippen molar-refractivity contribution in [1.82, 2.24) is 0 Å². The molecule has 1 aromatic carbocycles. The van der Waals surface area contributed by atoms with Gasteiger partial charge in [-0.3, -0.25) is 0 Å². The van der Waals surface area contributed by atoms with Crippen LogP contribution in [0.4, 0.5) is 18.9 Å². The molecule has 0 fully saturated rings. The summed E-state index contributed by atoms with van der Waals surface area (Å²) in [6.07, 6.45) is -3.76. The highest BCUT2D eigenvalue weighted by molar-refractivity contribution is 7.80. The number of alkyl halides is 3. The zero-order valence-corrected chi connectivity index (χ0v) is 7.80. The average molecular weight is 217 g/mol. The molecule has 1 N–H and O–H groups in total. The fraction of sp³-hybridized carbons (Fsp3) is 0.222. The summed E-state index contributed by atoms with van der Waals surface area (Å²) in [5, 5.41) is 2.74. The van der Waals surface area contributed by atoms with Crippen LogP contribution in [0.15, 0.2) is 18.2 Å². The van der Waals surface area contributed by atoms with Crippen molar-refractivity contribution in [2.24, 2.45) is 0 Å². The van der Waals surface area contributed by atoms with Crippen molar-refractivity contribution >= 4 is 22.9 Å². The van der Waals surface area contributed by atoms with Gasteiger partial charge < -0.3 is 5.32 Å². The standard InChI is InChI=1S/C9H6F3NS/c10-9(11,12)6-2-1-5-3-8(14)13-7(5)4-6/h1-2,4H,3H2,(H,13,14). The lowest BCUT2D eigenvalue weighted by molar-refractivity contribution is -0.137. The number of fused-ring (bicyclic) bond motifs is 1. The second-order valence-electron chi connectivity index (χ2n) is 3.09. The maximum absolute atomic E-state index is 12.3. The number of nitrogens with one attached hydrogen (secondary N) is 1. The Labute approximate surface area is 83.9 Å². The van der Waals surface area contributed by atoms with Crippen LogP contribution in [0.5, 0.6) is 0 Å². The Kier molecular flexibility index (Phi) is 1.99. The third kappa shape index (κ3) is 1.59. The maximum atomic E-state index is 12.3. The SMILES string of the molecule is FC(F)(F)c1ccc2c(c1)NC(=S)C2. The summed E-state index contributed by atoms with van der Waals surface area (Å²) in [7, 11) is 0. The Morgan fingerprint density at radius 3 is 2.64 bits per heavy atom. The summed E-state index contributed by atoms with van der Waals surface area (Å²) in [6.45, 7) is 0. The first kappa shape index (κ1) is 9.45. The monoisotopic (exact) mass is 217 g/mol. The summed E-state index contributed by atoms with van der Waals surface area (Å²) >= 11 is 4.87. The maximum Gasteiger partial charge on any atom is 0.416 e. The minimum absolute atomic E-state index is 0.477. The van der Waals surface area contributed by atoms with E-state index in [1.165, 1.54) is 6.07 Å². The fourth-order valence-corrected chi connectivity index (χ4v) is 1.66. The van der Waals surface area contributed by atoms with Crippen LogP contribution in [-0.2, 0) is 12.6 Å². The summed E-state index contributed by atoms with van der Waals surface area (Å²) in [6, 6.07) is 3.63. The third-order valence-corrected chi connectivity index (χ3v) is 2.31. The lowest BCUT2D eigenvalue weighted by Gasteiger charge is -2.07. The van der Waals surface area contributed by atoms with Gasteiger partial charge in [0.05, 0.1) is 10.6 Å². The van der Waals surface area contributed by atoms with Crippen molar-refractivity contribution in [2.45, 2.75) is 12.6 Å². The van der Waals surface area contributed by atoms with Crippen LogP contribution in [0.3, 0.4) is 0 Å². The Balaban J connectivity index is 2.43. The van der Waals surface area contributed by atoms with Gasteiger partial charge in [-0.15, -0.1) is 0 Å². The normalized spacial score (nSPS) is 15.2. The quantitative estimate of drug-likeness (QED) is 0.670. The van der Waals surface area contributed by atoms with Crippen molar-refractivity contribution in [3.05, 3.63) is 29.3 Å². The van der Waals surface area contributed by atoms with Crippen molar-refractivity contribution in [2.75, 3.05) is 5.32 Å². The highest BCUT2D eigenvalue weighted by Gasteiger charge is 2.31. The van der Waals surface area contributed by atoms with Gasteiger partial charge in [0.15, 0.2) is 0 Å². The third-order valence-electron chi connectivity index (χ3n) is 2.06. The van der Waals surface area contributed by atoms with Crippen LogP contribution in [0.1, 0.15) is 11.1 Å². The summed E-state index contributed by atoms with van der Waals surface area (Å²) in [5.74, 6) is 0. The van der Waals surface area contributed by atoms with Crippen LogP contribution in [-0.4, -0.2) is 4.99 Å². The fourth-order valence-electron chi connectivity index (χ4n) is 1.39. The topological polar surface area (TPSA) is 12.0 Å². The van der Waals surface area contributed by atoms with Crippen LogP contribution in [0, 0.1) is 0 Å². The number of benzene rings is 1. The highest BCUT2D eigenvalue weighted by atomic mass is 32.1. The van der Waals surface area contributed by atoms with Crippen LogP contribution in [0.25, 0.3) is 0 Å². The molecule has 74 valence electrons. The van der Waals surface area contributed by atoms with Crippen molar-refractivity contribution in [1.29, 1.82) is 0 Å². The lowest BCUT2D eigenvalue weighted by Crippen LogP contribution is -2.05. The van der Waals surface area contributed by atoms with E-state index in [4.69, 9.17) is 12.2 Å². The molecule has 0 saturated carbocycles. The van der Waals surface area contributed by atoms with E-state index in [2.05, 4.69) is 5.32 Å². The first-order valence-corrected chi connectivity index (χ1v) is 4.37. The molecule has 0 unspecified atom stereocenters. The van der Waals surface area contributed by atoms with Gasteiger partial charge in [-0.1, -0.05) is 18.3 Å². The highest BCUT2D eigenvalue weighted by Crippen LogP contribution is 2.34. The number of hydrogen-bond acceptors (Lipinski definition) is 1. The van der Waals surface area contributed by atoms with E-state index in [0.29, 0.717) is 17.1 Å². The van der Waals surface area contributed by atoms with Gasteiger partial charge in [0.1, 0.15) is 0 Å². The number of hydrogen-bond donors (Lipinski definition) is 1. The molecule has 1 aromatic rings. The van der Waals surface area contributed by atoms with E-state index in [0.717, 1.165) is 17.7 Å². The van der Waals surface area contributed by atoms with Crippen molar-refractivity contribution in [3.63, 3.8) is 0 Å². The smallest absolute Gasteiger partial charge is 0.350 e. The van der Waals surface area contributed by atoms with Crippen molar-refractivity contribution in [3.8, 4) is 0 Å². The number of thiocarbonyl (C=S) groups is 1. The molecule has 0 spiro atoms. The molecule has 0 aromatic heterocycles. The first-order chi connectivity index (χ1) is 6.47. The van der Waals surface area contributed by atoms with E-state index in [1.54, 1.807) is 0 Å². The second-order valence-corrected chi connectivity index (χ2v) is 3.59. The van der Waals surface area contributed by atoms with Gasteiger partial charge in [-0.25, -0.2) is 0 Å². The zero-order chi connectivity index (χ0) is 10.3. The van der Waals surface area contributed by atoms with Crippen LogP contribution in [0.2, 0.25) is 0 Å².